The maximum absolute atomic E-state index is 13.5. The van der Waals surface area contributed by atoms with Crippen LogP contribution in [0.25, 0.3) is 0 Å². The SMILES string of the molecule is Cc1cn(C)c(C2CCCN(C(=O)CCOc3ccccc3F)C2)n1. The summed E-state index contributed by atoms with van der Waals surface area (Å²) in [6.07, 6.45) is 4.27. The smallest absolute Gasteiger partial charge is 0.226 e. The number of ether oxygens (including phenoxy) is 1. The van der Waals surface area contributed by atoms with Crippen molar-refractivity contribution >= 4 is 5.91 Å². The van der Waals surface area contributed by atoms with Crippen LogP contribution in [-0.4, -0.2) is 40.1 Å². The van der Waals surface area contributed by atoms with E-state index in [0.717, 1.165) is 30.9 Å². The Morgan fingerprint density at radius 1 is 1.40 bits per heavy atom. The van der Waals surface area contributed by atoms with Crippen molar-refractivity contribution in [1.82, 2.24) is 14.5 Å². The molecule has 1 unspecified atom stereocenters. The van der Waals surface area contributed by atoms with Crippen molar-refractivity contribution in [2.75, 3.05) is 19.7 Å². The van der Waals surface area contributed by atoms with Crippen LogP contribution >= 0.6 is 0 Å². The van der Waals surface area contributed by atoms with Gasteiger partial charge in [-0.05, 0) is 31.9 Å². The molecule has 1 amide bonds. The highest BCUT2D eigenvalue weighted by atomic mass is 19.1. The first-order valence-corrected chi connectivity index (χ1v) is 8.69. The second kappa shape index (κ2) is 7.68. The summed E-state index contributed by atoms with van der Waals surface area (Å²) in [7, 11) is 2.00. The molecule has 2 aromatic rings. The number of benzene rings is 1. The van der Waals surface area contributed by atoms with Crippen LogP contribution < -0.4 is 4.74 Å². The van der Waals surface area contributed by atoms with Crippen molar-refractivity contribution in [3.05, 3.63) is 47.8 Å². The van der Waals surface area contributed by atoms with Crippen LogP contribution in [0.4, 0.5) is 4.39 Å². The van der Waals surface area contributed by atoms with E-state index >= 15 is 0 Å². The number of nitrogens with zero attached hydrogens (tertiary/aromatic N) is 3. The standard InChI is InChI=1S/C19H24FN3O2/c1-14-12-22(2)19(21-14)15-6-5-10-23(13-15)18(24)9-11-25-17-8-4-3-7-16(17)20/h3-4,7-8,12,15H,5-6,9-11,13H2,1-2H3. The number of aryl methyl sites for hydroxylation is 2. The molecule has 0 bridgehead atoms. The predicted octanol–water partition coefficient (Wildman–Crippen LogP) is 3.04. The first-order valence-electron chi connectivity index (χ1n) is 8.69. The largest absolute Gasteiger partial charge is 0.490 e. The number of aromatic nitrogens is 2. The molecule has 0 spiro atoms. The second-order valence-corrected chi connectivity index (χ2v) is 6.56. The molecule has 1 atom stereocenters. The summed E-state index contributed by atoms with van der Waals surface area (Å²) in [6, 6.07) is 6.24. The number of halogens is 1. The van der Waals surface area contributed by atoms with E-state index < -0.39 is 5.82 Å². The number of rotatable bonds is 5. The highest BCUT2D eigenvalue weighted by molar-refractivity contribution is 5.76. The normalized spacial score (nSPS) is 17.6. The van der Waals surface area contributed by atoms with Gasteiger partial charge in [0.15, 0.2) is 11.6 Å². The van der Waals surface area contributed by atoms with Gasteiger partial charge in [0.05, 0.1) is 18.7 Å². The van der Waals surface area contributed by atoms with Crippen LogP contribution in [0, 0.1) is 12.7 Å². The Bertz CT molecular complexity index is 744. The Hall–Kier alpha value is -2.37. The molecule has 2 heterocycles. The van der Waals surface area contributed by atoms with Gasteiger partial charge in [-0.15, -0.1) is 0 Å². The number of carbonyl (C=O) groups excluding carboxylic acids is 1. The third-order valence-corrected chi connectivity index (χ3v) is 4.58. The van der Waals surface area contributed by atoms with Crippen LogP contribution in [-0.2, 0) is 11.8 Å². The Morgan fingerprint density at radius 2 is 2.20 bits per heavy atom. The van der Waals surface area contributed by atoms with Crippen molar-refractivity contribution in [3.8, 4) is 5.75 Å². The maximum atomic E-state index is 13.5. The van der Waals surface area contributed by atoms with Crippen LogP contribution in [0.2, 0.25) is 0 Å². The average Bonchev–Trinajstić information content (AvgIpc) is 2.95. The lowest BCUT2D eigenvalue weighted by atomic mass is 9.97. The topological polar surface area (TPSA) is 47.4 Å². The minimum absolute atomic E-state index is 0.0481. The molecular formula is C19H24FN3O2. The summed E-state index contributed by atoms with van der Waals surface area (Å²) in [4.78, 5) is 18.9. The zero-order valence-electron chi connectivity index (χ0n) is 14.7. The Kier molecular flexibility index (Phi) is 5.36. The molecule has 1 aliphatic heterocycles. The lowest BCUT2D eigenvalue weighted by Gasteiger charge is -2.32. The van der Waals surface area contributed by atoms with Crippen LogP contribution in [0.15, 0.2) is 30.5 Å². The number of para-hydroxylation sites is 1. The average molecular weight is 345 g/mol. The molecule has 134 valence electrons. The van der Waals surface area contributed by atoms with E-state index in [1.807, 2.05) is 25.1 Å². The fraction of sp³-hybridized carbons (Fsp3) is 0.474. The summed E-state index contributed by atoms with van der Waals surface area (Å²) < 4.78 is 21.0. The molecule has 6 heteroatoms. The van der Waals surface area contributed by atoms with Gasteiger partial charge in [-0.2, -0.15) is 0 Å². The molecule has 1 aromatic heterocycles. The van der Waals surface area contributed by atoms with Crippen molar-refractivity contribution < 1.29 is 13.9 Å². The highest BCUT2D eigenvalue weighted by Crippen LogP contribution is 2.26. The van der Waals surface area contributed by atoms with Gasteiger partial charge in [0.25, 0.3) is 0 Å². The van der Waals surface area contributed by atoms with E-state index in [0.29, 0.717) is 6.54 Å². The summed E-state index contributed by atoms with van der Waals surface area (Å²) in [5.41, 5.74) is 0.999. The van der Waals surface area contributed by atoms with E-state index in [4.69, 9.17) is 4.74 Å². The van der Waals surface area contributed by atoms with Crippen molar-refractivity contribution in [2.45, 2.75) is 32.1 Å². The zero-order valence-corrected chi connectivity index (χ0v) is 14.7. The second-order valence-electron chi connectivity index (χ2n) is 6.56. The van der Waals surface area contributed by atoms with Gasteiger partial charge in [-0.25, -0.2) is 9.37 Å². The molecule has 0 aliphatic carbocycles. The van der Waals surface area contributed by atoms with Gasteiger partial charge in [0, 0.05) is 32.3 Å². The first kappa shape index (κ1) is 17.5. The number of amides is 1. The molecule has 1 aliphatic rings. The number of hydrogen-bond acceptors (Lipinski definition) is 3. The number of imidazole rings is 1. The summed E-state index contributed by atoms with van der Waals surface area (Å²) in [5.74, 6) is 1.14. The number of hydrogen-bond donors (Lipinski definition) is 0. The Balaban J connectivity index is 1.53. The fourth-order valence-corrected chi connectivity index (χ4v) is 3.40. The third-order valence-electron chi connectivity index (χ3n) is 4.58. The number of piperidine rings is 1. The third kappa shape index (κ3) is 4.18. The first-order chi connectivity index (χ1) is 12.0. The molecular weight excluding hydrogens is 321 g/mol. The van der Waals surface area contributed by atoms with Crippen molar-refractivity contribution in [1.29, 1.82) is 0 Å². The van der Waals surface area contributed by atoms with Gasteiger partial charge in [-0.1, -0.05) is 12.1 Å². The lowest BCUT2D eigenvalue weighted by Crippen LogP contribution is -2.40. The summed E-state index contributed by atoms with van der Waals surface area (Å²) in [6.45, 7) is 3.61. The minimum Gasteiger partial charge on any atom is -0.490 e. The van der Waals surface area contributed by atoms with E-state index in [1.165, 1.54) is 6.07 Å². The molecule has 0 N–H and O–H groups in total. The van der Waals surface area contributed by atoms with Crippen molar-refractivity contribution in [2.24, 2.45) is 7.05 Å². The van der Waals surface area contributed by atoms with E-state index in [9.17, 15) is 9.18 Å². The molecule has 0 radical (unpaired) electrons. The van der Waals surface area contributed by atoms with E-state index in [1.54, 1.807) is 18.2 Å². The number of likely N-dealkylation sites (tertiary alicyclic amines) is 1. The lowest BCUT2D eigenvalue weighted by molar-refractivity contribution is -0.133. The molecule has 5 nitrogen and oxygen atoms in total. The van der Waals surface area contributed by atoms with Crippen molar-refractivity contribution in [3.63, 3.8) is 0 Å². The number of carbonyl (C=O) groups is 1. The molecule has 1 saturated heterocycles. The van der Waals surface area contributed by atoms with Gasteiger partial charge in [0.1, 0.15) is 5.82 Å². The zero-order chi connectivity index (χ0) is 17.8. The Morgan fingerprint density at radius 3 is 2.92 bits per heavy atom. The van der Waals surface area contributed by atoms with Gasteiger partial charge in [-0.3, -0.25) is 4.79 Å². The maximum Gasteiger partial charge on any atom is 0.226 e. The predicted molar refractivity (Wildman–Crippen MR) is 93.0 cm³/mol. The van der Waals surface area contributed by atoms with E-state index in [-0.39, 0.29) is 30.6 Å². The summed E-state index contributed by atoms with van der Waals surface area (Å²) in [5, 5.41) is 0. The quantitative estimate of drug-likeness (QED) is 0.837. The van der Waals surface area contributed by atoms with Gasteiger partial charge in [0.2, 0.25) is 5.91 Å². The Labute approximate surface area is 147 Å². The molecule has 3 rings (SSSR count). The van der Waals surface area contributed by atoms with Crippen LogP contribution in [0.5, 0.6) is 5.75 Å². The van der Waals surface area contributed by atoms with Gasteiger partial charge >= 0.3 is 0 Å². The van der Waals surface area contributed by atoms with Gasteiger partial charge < -0.3 is 14.2 Å². The van der Waals surface area contributed by atoms with E-state index in [2.05, 4.69) is 9.55 Å². The van der Waals surface area contributed by atoms with Crippen LogP contribution in [0.3, 0.4) is 0 Å². The molecule has 25 heavy (non-hydrogen) atoms. The fourth-order valence-electron chi connectivity index (χ4n) is 3.40. The molecule has 0 saturated carbocycles. The monoisotopic (exact) mass is 345 g/mol. The highest BCUT2D eigenvalue weighted by Gasteiger charge is 2.27. The minimum atomic E-state index is -0.405. The molecule has 1 aromatic carbocycles. The summed E-state index contributed by atoms with van der Waals surface area (Å²) >= 11 is 0. The molecule has 1 fully saturated rings. The van der Waals surface area contributed by atoms with Crippen LogP contribution in [0.1, 0.15) is 36.7 Å².